The van der Waals surface area contributed by atoms with Crippen LogP contribution in [0.25, 0.3) is 22.2 Å². The number of nitrogens with two attached hydrogens (primary N) is 1. The van der Waals surface area contributed by atoms with Crippen LogP contribution in [0.4, 0.5) is 15.9 Å². The van der Waals surface area contributed by atoms with E-state index in [-0.39, 0.29) is 37.8 Å². The zero-order valence-corrected chi connectivity index (χ0v) is 19.1. The second-order valence-electron chi connectivity index (χ2n) is 6.80. The van der Waals surface area contributed by atoms with Gasteiger partial charge in [-0.15, -0.1) is 0 Å². The summed E-state index contributed by atoms with van der Waals surface area (Å²) in [5, 5.41) is 0.367. The van der Waals surface area contributed by atoms with Gasteiger partial charge in [0, 0.05) is 30.4 Å². The molecule has 2 aromatic carbocycles. The van der Waals surface area contributed by atoms with E-state index in [1.807, 2.05) is 0 Å². The summed E-state index contributed by atoms with van der Waals surface area (Å²) in [6.07, 6.45) is 2.96. The van der Waals surface area contributed by atoms with Crippen LogP contribution in [0.1, 0.15) is 0 Å². The van der Waals surface area contributed by atoms with Crippen LogP contribution in [0.15, 0.2) is 47.8 Å². The molecule has 0 spiro atoms. The second kappa shape index (κ2) is 8.12. The number of aryl methyl sites for hydroxylation is 1. The van der Waals surface area contributed by atoms with E-state index in [0.717, 1.165) is 6.07 Å². The number of methoxy groups -OCH3 is 1. The summed E-state index contributed by atoms with van der Waals surface area (Å²) < 4.78 is 50.3. The van der Waals surface area contributed by atoms with E-state index in [1.165, 1.54) is 37.7 Å². The Bertz CT molecular complexity index is 1470. The van der Waals surface area contributed by atoms with Crippen LogP contribution in [0, 0.1) is 5.82 Å². The van der Waals surface area contributed by atoms with Crippen LogP contribution < -0.4 is 15.2 Å². The lowest BCUT2D eigenvalue weighted by molar-refractivity contribution is 0.414. The molecule has 0 aliphatic carbocycles. The summed E-state index contributed by atoms with van der Waals surface area (Å²) in [6, 6.07) is 6.71. The van der Waals surface area contributed by atoms with Crippen molar-refractivity contribution in [2.24, 2.45) is 7.05 Å². The van der Waals surface area contributed by atoms with Gasteiger partial charge < -0.3 is 15.0 Å². The standard InChI is InChI=1S/C20H16Cl2FN5O3S/c1-28-8-11(17-19(24)25-9-26-20(17)28)10-4-3-5-14(18(10)23)27-32(29,30)16-7-12(21)15(31-2)6-13(16)22/h3-9,27H,1-2H3,(H2,24,25,26). The molecule has 2 heterocycles. The topological polar surface area (TPSA) is 112 Å². The number of ether oxygens (including phenoxy) is 1. The number of nitrogens with zero attached hydrogens (tertiary/aromatic N) is 3. The molecule has 0 aliphatic rings. The number of benzene rings is 2. The number of rotatable bonds is 5. The van der Waals surface area contributed by atoms with E-state index < -0.39 is 15.8 Å². The maximum absolute atomic E-state index is 15.5. The molecule has 166 valence electrons. The third-order valence-electron chi connectivity index (χ3n) is 4.81. The van der Waals surface area contributed by atoms with Gasteiger partial charge in [0.2, 0.25) is 0 Å². The Kier molecular flexibility index (Phi) is 5.61. The number of halogens is 3. The number of fused-ring (bicyclic) bond motifs is 1. The van der Waals surface area contributed by atoms with Gasteiger partial charge in [-0.2, -0.15) is 0 Å². The van der Waals surface area contributed by atoms with Crippen molar-refractivity contribution in [1.82, 2.24) is 14.5 Å². The van der Waals surface area contributed by atoms with Crippen LogP contribution in [-0.2, 0) is 17.1 Å². The summed E-state index contributed by atoms with van der Waals surface area (Å²) in [5.41, 5.74) is 6.77. The third-order valence-corrected chi connectivity index (χ3v) is 6.94. The van der Waals surface area contributed by atoms with E-state index in [2.05, 4.69) is 14.7 Å². The molecule has 0 bridgehead atoms. The smallest absolute Gasteiger partial charge is 0.263 e. The highest BCUT2D eigenvalue weighted by atomic mass is 35.5. The van der Waals surface area contributed by atoms with Gasteiger partial charge in [0.15, 0.2) is 5.82 Å². The number of hydrogen-bond acceptors (Lipinski definition) is 6. The predicted octanol–water partition coefficient (Wildman–Crippen LogP) is 4.47. The van der Waals surface area contributed by atoms with Crippen LogP contribution >= 0.6 is 23.2 Å². The molecule has 32 heavy (non-hydrogen) atoms. The zero-order chi connectivity index (χ0) is 23.2. The molecule has 3 N–H and O–H groups in total. The van der Waals surface area contributed by atoms with Gasteiger partial charge in [0.1, 0.15) is 28.4 Å². The average Bonchev–Trinajstić information content (AvgIpc) is 3.08. The Morgan fingerprint density at radius 1 is 1.16 bits per heavy atom. The fourth-order valence-electron chi connectivity index (χ4n) is 3.33. The molecule has 0 saturated heterocycles. The van der Waals surface area contributed by atoms with Gasteiger partial charge in [0.05, 0.1) is 28.2 Å². The lowest BCUT2D eigenvalue weighted by Crippen LogP contribution is -2.15. The highest BCUT2D eigenvalue weighted by Gasteiger charge is 2.24. The Balaban J connectivity index is 1.81. The molecule has 4 aromatic rings. The number of sulfonamides is 1. The lowest BCUT2D eigenvalue weighted by atomic mass is 10.0. The van der Waals surface area contributed by atoms with E-state index in [1.54, 1.807) is 17.8 Å². The Morgan fingerprint density at radius 2 is 1.91 bits per heavy atom. The van der Waals surface area contributed by atoms with Crippen molar-refractivity contribution < 1.29 is 17.5 Å². The molecule has 0 unspecified atom stereocenters. The van der Waals surface area contributed by atoms with Gasteiger partial charge >= 0.3 is 0 Å². The first-order chi connectivity index (χ1) is 15.1. The summed E-state index contributed by atoms with van der Waals surface area (Å²) in [6.45, 7) is 0. The molecule has 0 saturated carbocycles. The molecule has 12 heteroatoms. The highest BCUT2D eigenvalue weighted by molar-refractivity contribution is 7.92. The van der Waals surface area contributed by atoms with Gasteiger partial charge in [-0.3, -0.25) is 4.72 Å². The first-order valence-corrected chi connectivity index (χ1v) is 11.3. The average molecular weight is 496 g/mol. The van der Waals surface area contributed by atoms with E-state index in [4.69, 9.17) is 33.7 Å². The van der Waals surface area contributed by atoms with E-state index in [0.29, 0.717) is 16.6 Å². The minimum Gasteiger partial charge on any atom is -0.495 e. The van der Waals surface area contributed by atoms with Crippen molar-refractivity contribution in [3.05, 3.63) is 58.7 Å². The fraction of sp³-hybridized carbons (Fsp3) is 0.100. The first kappa shape index (κ1) is 22.1. The lowest BCUT2D eigenvalue weighted by Gasteiger charge is -2.13. The summed E-state index contributed by atoms with van der Waals surface area (Å²) >= 11 is 12.1. The molecule has 0 fully saturated rings. The van der Waals surface area contributed by atoms with Gasteiger partial charge in [-0.1, -0.05) is 35.3 Å². The fourth-order valence-corrected chi connectivity index (χ4v) is 5.24. The molecule has 0 atom stereocenters. The van der Waals surface area contributed by atoms with Crippen LogP contribution in [0.5, 0.6) is 5.75 Å². The van der Waals surface area contributed by atoms with E-state index >= 15 is 4.39 Å². The maximum Gasteiger partial charge on any atom is 0.263 e. The van der Waals surface area contributed by atoms with Gasteiger partial charge in [-0.25, -0.2) is 22.8 Å². The Morgan fingerprint density at radius 3 is 2.62 bits per heavy atom. The molecule has 0 radical (unpaired) electrons. The van der Waals surface area contributed by atoms with Crippen molar-refractivity contribution in [2.75, 3.05) is 17.6 Å². The molecular weight excluding hydrogens is 480 g/mol. The molecule has 4 rings (SSSR count). The zero-order valence-electron chi connectivity index (χ0n) is 16.7. The number of nitrogens with one attached hydrogen (secondary N) is 1. The largest absolute Gasteiger partial charge is 0.495 e. The Hall–Kier alpha value is -3.08. The molecule has 0 aliphatic heterocycles. The number of hydrogen-bond donors (Lipinski definition) is 2. The SMILES string of the molecule is COc1cc(Cl)c(S(=O)(=O)Nc2cccc(-c3cn(C)c4ncnc(N)c34)c2F)cc1Cl. The van der Waals surface area contributed by atoms with Gasteiger partial charge in [-0.05, 0) is 12.1 Å². The van der Waals surface area contributed by atoms with E-state index in [9.17, 15) is 8.42 Å². The van der Waals surface area contributed by atoms with Crippen LogP contribution in [-0.4, -0.2) is 30.1 Å². The van der Waals surface area contributed by atoms with Crippen molar-refractivity contribution >= 4 is 55.8 Å². The monoisotopic (exact) mass is 495 g/mol. The quantitative estimate of drug-likeness (QED) is 0.422. The molecule has 8 nitrogen and oxygen atoms in total. The minimum atomic E-state index is -4.27. The molecular formula is C20H16Cl2FN5O3S. The van der Waals surface area contributed by atoms with Crippen molar-refractivity contribution in [2.45, 2.75) is 4.90 Å². The summed E-state index contributed by atoms with van der Waals surface area (Å²) in [5.74, 6) is -0.419. The molecule has 0 amide bonds. The minimum absolute atomic E-state index is 0.0396. The van der Waals surface area contributed by atoms with Crippen LogP contribution in [0.2, 0.25) is 10.0 Å². The van der Waals surface area contributed by atoms with Gasteiger partial charge in [0.25, 0.3) is 10.0 Å². The number of aromatic nitrogens is 3. The van der Waals surface area contributed by atoms with Crippen molar-refractivity contribution in [1.29, 1.82) is 0 Å². The Labute approximate surface area is 192 Å². The summed E-state index contributed by atoms with van der Waals surface area (Å²) in [7, 11) is -1.17. The summed E-state index contributed by atoms with van der Waals surface area (Å²) in [4.78, 5) is 7.82. The van der Waals surface area contributed by atoms with Crippen molar-refractivity contribution in [3.63, 3.8) is 0 Å². The maximum atomic E-state index is 15.5. The van der Waals surface area contributed by atoms with Crippen molar-refractivity contribution in [3.8, 4) is 16.9 Å². The van der Waals surface area contributed by atoms with Crippen LogP contribution in [0.3, 0.4) is 0 Å². The first-order valence-electron chi connectivity index (χ1n) is 9.04. The number of nitrogen functional groups attached to an aromatic ring is 1. The third kappa shape index (κ3) is 3.70. The highest BCUT2D eigenvalue weighted by Crippen LogP contribution is 2.37. The number of anilines is 2. The normalized spacial score (nSPS) is 11.7. The molecule has 2 aromatic heterocycles. The second-order valence-corrected chi connectivity index (χ2v) is 9.27. The predicted molar refractivity (Wildman–Crippen MR) is 122 cm³/mol.